The van der Waals surface area contributed by atoms with Gasteiger partial charge in [0.25, 0.3) is 11.8 Å². The number of aliphatic hydroxyl groups excluding tert-OH is 2. The van der Waals surface area contributed by atoms with Crippen molar-refractivity contribution in [2.24, 2.45) is 0 Å². The van der Waals surface area contributed by atoms with Crippen LogP contribution in [0.2, 0.25) is 0 Å². The van der Waals surface area contributed by atoms with Crippen LogP contribution in [0.25, 0.3) is 11.0 Å². The van der Waals surface area contributed by atoms with E-state index in [2.05, 4.69) is 20.6 Å². The summed E-state index contributed by atoms with van der Waals surface area (Å²) in [6, 6.07) is 6.91. The normalized spacial score (nSPS) is 18.1. The predicted octanol–water partition coefficient (Wildman–Crippen LogP) is 2.15. The molecule has 1 fully saturated rings. The molecule has 1 saturated heterocycles. The molecule has 1 aliphatic rings. The third kappa shape index (κ3) is 9.10. The smallest absolute Gasteiger partial charge is 0.253 e. The highest BCUT2D eigenvalue weighted by molar-refractivity contribution is 6.17. The Morgan fingerprint density at radius 2 is 1.77 bits per heavy atom. The van der Waals surface area contributed by atoms with Crippen molar-refractivity contribution >= 4 is 40.3 Å². The van der Waals surface area contributed by atoms with E-state index < -0.39 is 24.3 Å². The van der Waals surface area contributed by atoms with E-state index in [0.29, 0.717) is 55.4 Å². The second-order valence-corrected chi connectivity index (χ2v) is 10.9. The van der Waals surface area contributed by atoms with Crippen molar-refractivity contribution in [3.8, 4) is 0 Å². The molecule has 0 spiro atoms. The number of benzene rings is 1. The molecule has 44 heavy (non-hydrogen) atoms. The summed E-state index contributed by atoms with van der Waals surface area (Å²) in [6.45, 7) is 2.34. The van der Waals surface area contributed by atoms with Gasteiger partial charge in [-0.2, -0.15) is 0 Å². The number of alkyl halides is 1. The summed E-state index contributed by atoms with van der Waals surface area (Å²) in [5.41, 5.74) is 8.03. The van der Waals surface area contributed by atoms with Gasteiger partial charge in [0.05, 0.1) is 43.5 Å². The maximum Gasteiger partial charge on any atom is 0.253 e. The van der Waals surface area contributed by atoms with Crippen molar-refractivity contribution in [1.29, 1.82) is 0 Å². The van der Waals surface area contributed by atoms with Crippen LogP contribution in [0.15, 0.2) is 36.8 Å². The lowest BCUT2D eigenvalue weighted by Gasteiger charge is -2.14. The number of anilines is 1. The maximum atomic E-state index is 13.2. The number of rotatable bonds is 18. The van der Waals surface area contributed by atoms with Gasteiger partial charge in [0.1, 0.15) is 30.1 Å². The van der Waals surface area contributed by atoms with Crippen LogP contribution in [-0.2, 0) is 20.8 Å². The summed E-state index contributed by atoms with van der Waals surface area (Å²) in [4.78, 5) is 34.0. The van der Waals surface area contributed by atoms with Crippen LogP contribution >= 0.6 is 11.6 Å². The lowest BCUT2D eigenvalue weighted by atomic mass is 10.1. The van der Waals surface area contributed by atoms with E-state index in [1.54, 1.807) is 35.0 Å². The summed E-state index contributed by atoms with van der Waals surface area (Å²) in [5, 5.41) is 25.7. The second kappa shape index (κ2) is 17.2. The van der Waals surface area contributed by atoms with Crippen LogP contribution in [0.3, 0.4) is 0 Å². The van der Waals surface area contributed by atoms with Crippen molar-refractivity contribution in [3.05, 3.63) is 53.5 Å². The van der Waals surface area contributed by atoms with E-state index in [-0.39, 0.29) is 36.9 Å². The number of hydrogen-bond acceptors (Lipinski definition) is 10. The van der Waals surface area contributed by atoms with Crippen molar-refractivity contribution in [2.45, 2.75) is 57.1 Å². The average Bonchev–Trinajstić information content (AvgIpc) is 3.61. The second-order valence-electron chi connectivity index (χ2n) is 10.5. The van der Waals surface area contributed by atoms with Crippen LogP contribution in [0.4, 0.5) is 5.82 Å². The Kier molecular flexibility index (Phi) is 13.1. The third-order valence-corrected chi connectivity index (χ3v) is 7.59. The van der Waals surface area contributed by atoms with Gasteiger partial charge >= 0.3 is 0 Å². The number of ether oxygens (including phenoxy) is 3. The summed E-state index contributed by atoms with van der Waals surface area (Å²) in [5.74, 6) is 0.220. The molecule has 2 aromatic heterocycles. The van der Waals surface area contributed by atoms with Gasteiger partial charge in [0, 0.05) is 43.8 Å². The fourth-order valence-electron chi connectivity index (χ4n) is 4.91. The summed E-state index contributed by atoms with van der Waals surface area (Å²) in [6.07, 6.45) is 5.16. The van der Waals surface area contributed by atoms with Crippen LogP contribution in [0.5, 0.6) is 0 Å². The van der Waals surface area contributed by atoms with Gasteiger partial charge in [-0.15, -0.1) is 11.6 Å². The van der Waals surface area contributed by atoms with Gasteiger partial charge in [0.2, 0.25) is 0 Å². The minimum atomic E-state index is -0.853. The van der Waals surface area contributed by atoms with E-state index in [9.17, 15) is 19.8 Å². The fourth-order valence-corrected chi connectivity index (χ4v) is 5.10. The number of fused-ring (bicyclic) bond motifs is 1. The minimum Gasteiger partial charge on any atom is -0.394 e. The molecule has 1 aromatic carbocycles. The maximum absolute atomic E-state index is 13.2. The van der Waals surface area contributed by atoms with Crippen molar-refractivity contribution in [2.75, 3.05) is 51.2 Å². The van der Waals surface area contributed by atoms with Gasteiger partial charge < -0.3 is 45.4 Å². The molecular weight excluding hydrogens is 592 g/mol. The molecule has 0 aliphatic carbocycles. The van der Waals surface area contributed by atoms with Gasteiger partial charge in [-0.25, -0.2) is 9.97 Å². The largest absolute Gasteiger partial charge is 0.394 e. The molecule has 2 amide bonds. The number of unbranched alkanes of at least 4 members (excludes halogenated alkanes) is 3. The van der Waals surface area contributed by atoms with E-state index in [1.165, 1.54) is 6.33 Å². The standard InChI is InChI=1S/C30H41ClN6O7/c31-9-3-1-2-4-11-42-13-14-43-12-10-33-29(40)21-7-5-20(6-8-21)16-34-30(41)22-17-37(25-15-23(39)24(18-38)44-25)28-26(22)27(32)35-19-36-28/h5-8,17,19,23-25,38-39H,1-4,9-16,18H2,(H,33,40)(H,34,41)(H2,32,35,36)/t23?,24?,25-/m1/s1. The van der Waals surface area contributed by atoms with Crippen LogP contribution in [-0.4, -0.2) is 94.2 Å². The molecule has 14 heteroatoms. The lowest BCUT2D eigenvalue weighted by Crippen LogP contribution is -2.27. The number of halogens is 1. The van der Waals surface area contributed by atoms with Crippen LogP contribution in [0.1, 0.15) is 64.6 Å². The third-order valence-electron chi connectivity index (χ3n) is 7.32. The number of amides is 2. The van der Waals surface area contributed by atoms with Crippen molar-refractivity contribution in [3.63, 3.8) is 0 Å². The van der Waals surface area contributed by atoms with Crippen molar-refractivity contribution < 1.29 is 34.0 Å². The fraction of sp³-hybridized carbons (Fsp3) is 0.533. The quantitative estimate of drug-likeness (QED) is 0.103. The van der Waals surface area contributed by atoms with E-state index in [1.807, 2.05) is 0 Å². The number of hydrogen-bond donors (Lipinski definition) is 5. The molecule has 13 nitrogen and oxygen atoms in total. The first kappa shape index (κ1) is 33.6. The predicted molar refractivity (Wildman–Crippen MR) is 164 cm³/mol. The Balaban J connectivity index is 1.21. The zero-order valence-corrected chi connectivity index (χ0v) is 25.4. The molecule has 0 bridgehead atoms. The Morgan fingerprint density at radius 3 is 2.50 bits per heavy atom. The topological polar surface area (TPSA) is 183 Å². The SMILES string of the molecule is Nc1ncnc2c1c(C(=O)NCc1ccc(C(=O)NCCOCCOCCCCCCCl)cc1)cn2[C@H]1CC(O)C(CO)O1. The van der Waals surface area contributed by atoms with Gasteiger partial charge in [-0.3, -0.25) is 9.59 Å². The highest BCUT2D eigenvalue weighted by Crippen LogP contribution is 2.34. The number of nitrogen functional groups attached to an aromatic ring is 1. The van der Waals surface area contributed by atoms with Crippen LogP contribution in [0, 0.1) is 0 Å². The monoisotopic (exact) mass is 632 g/mol. The summed E-state index contributed by atoms with van der Waals surface area (Å²) in [7, 11) is 0. The Bertz CT molecular complexity index is 1360. The Hall–Kier alpha value is -3.33. The Labute approximate surface area is 261 Å². The zero-order chi connectivity index (χ0) is 31.3. The summed E-state index contributed by atoms with van der Waals surface area (Å²) >= 11 is 5.66. The number of aromatic nitrogens is 3. The number of nitrogens with two attached hydrogens (primary N) is 1. The molecule has 4 rings (SSSR count). The van der Waals surface area contributed by atoms with Crippen molar-refractivity contribution in [1.82, 2.24) is 25.2 Å². The Morgan fingerprint density at radius 1 is 1.02 bits per heavy atom. The van der Waals surface area contributed by atoms with Gasteiger partial charge in [-0.05, 0) is 30.5 Å². The van der Waals surface area contributed by atoms with Crippen LogP contribution < -0.4 is 16.4 Å². The first-order chi connectivity index (χ1) is 21.4. The molecule has 240 valence electrons. The molecule has 6 N–H and O–H groups in total. The van der Waals surface area contributed by atoms with E-state index in [4.69, 9.17) is 31.5 Å². The number of carbonyl (C=O) groups is 2. The number of nitrogens with zero attached hydrogens (tertiary/aromatic N) is 3. The molecule has 3 heterocycles. The molecular formula is C30H41ClN6O7. The zero-order valence-electron chi connectivity index (χ0n) is 24.6. The molecule has 1 aliphatic heterocycles. The van der Waals surface area contributed by atoms with E-state index in [0.717, 1.165) is 31.2 Å². The molecule has 0 saturated carbocycles. The molecule has 0 radical (unpaired) electrons. The highest BCUT2D eigenvalue weighted by Gasteiger charge is 2.36. The average molecular weight is 633 g/mol. The van der Waals surface area contributed by atoms with Gasteiger partial charge in [-0.1, -0.05) is 25.0 Å². The molecule has 3 aromatic rings. The summed E-state index contributed by atoms with van der Waals surface area (Å²) < 4.78 is 18.4. The molecule has 3 atom stereocenters. The van der Waals surface area contributed by atoms with E-state index >= 15 is 0 Å². The first-order valence-corrected chi connectivity index (χ1v) is 15.4. The number of carbonyl (C=O) groups excluding carboxylic acids is 2. The minimum absolute atomic E-state index is 0.134. The lowest BCUT2D eigenvalue weighted by molar-refractivity contribution is -0.0430. The number of aliphatic hydroxyl groups is 2. The number of nitrogens with one attached hydrogen (secondary N) is 2. The molecule has 2 unspecified atom stereocenters. The highest BCUT2D eigenvalue weighted by atomic mass is 35.5. The van der Waals surface area contributed by atoms with Gasteiger partial charge in [0.15, 0.2) is 0 Å². The first-order valence-electron chi connectivity index (χ1n) is 14.8.